The number of hydrogen-bond acceptors (Lipinski definition) is 6. The first-order chi connectivity index (χ1) is 13.7. The number of hydrogen-bond donors (Lipinski definition) is 0. The second-order valence-corrected chi connectivity index (χ2v) is 6.01. The Morgan fingerprint density at radius 1 is 0.966 bits per heavy atom. The molecule has 2 atom stereocenters. The van der Waals surface area contributed by atoms with Gasteiger partial charge in [0, 0.05) is 0 Å². The Labute approximate surface area is 161 Å². The average molecular weight is 412 g/mol. The molecule has 6 nitrogen and oxygen atoms in total. The van der Waals surface area contributed by atoms with Crippen LogP contribution in [0, 0.1) is 11.6 Å². The van der Waals surface area contributed by atoms with Gasteiger partial charge in [-0.25, -0.2) is 23.2 Å². The smallest absolute Gasteiger partial charge is 0.382 e. The Hall–Kier alpha value is -3.43. The van der Waals surface area contributed by atoms with Crippen molar-refractivity contribution in [2.45, 2.75) is 18.1 Å². The monoisotopic (exact) mass is 412 g/mol. The van der Waals surface area contributed by atoms with Crippen LogP contribution in [0.2, 0.25) is 0 Å². The molecule has 2 aromatic carbocycles. The van der Waals surface area contributed by atoms with Gasteiger partial charge in [-0.15, -0.1) is 0 Å². The maximum absolute atomic E-state index is 14.1. The molecule has 0 saturated carbocycles. The van der Waals surface area contributed by atoms with Crippen LogP contribution in [-0.2, 0) is 19.0 Å². The fraction of sp³-hybridized carbons (Fsp3) is 0.211. The van der Waals surface area contributed by atoms with Crippen LogP contribution in [0.5, 0.6) is 0 Å². The van der Waals surface area contributed by atoms with E-state index in [4.69, 9.17) is 4.74 Å². The summed E-state index contributed by atoms with van der Waals surface area (Å²) in [6, 6.07) is 8.48. The van der Waals surface area contributed by atoms with Crippen LogP contribution in [0.3, 0.4) is 0 Å². The van der Waals surface area contributed by atoms with Crippen LogP contribution in [0.25, 0.3) is 0 Å². The molecule has 0 unspecified atom stereocenters. The number of cyclic esters (lactones) is 1. The van der Waals surface area contributed by atoms with Gasteiger partial charge in [0.25, 0.3) is 0 Å². The second-order valence-electron chi connectivity index (χ2n) is 6.01. The van der Waals surface area contributed by atoms with Crippen molar-refractivity contribution >= 4 is 17.9 Å². The second kappa shape index (κ2) is 7.90. The van der Waals surface area contributed by atoms with E-state index in [9.17, 15) is 31.9 Å². The lowest BCUT2D eigenvalue weighted by molar-refractivity contribution is -0.163. The summed E-state index contributed by atoms with van der Waals surface area (Å²) < 4.78 is 68.5. The lowest BCUT2D eigenvalue weighted by atomic mass is 10.1. The van der Waals surface area contributed by atoms with Crippen molar-refractivity contribution in [2.75, 3.05) is 6.61 Å². The van der Waals surface area contributed by atoms with Crippen molar-refractivity contribution in [1.82, 2.24) is 0 Å². The molecule has 1 fully saturated rings. The molecule has 0 radical (unpaired) electrons. The number of alkyl halides is 2. The van der Waals surface area contributed by atoms with Crippen LogP contribution < -0.4 is 0 Å². The molecule has 0 aliphatic carbocycles. The lowest BCUT2D eigenvalue weighted by Gasteiger charge is -2.20. The highest BCUT2D eigenvalue weighted by molar-refractivity contribution is 5.91. The number of rotatable bonds is 5. The van der Waals surface area contributed by atoms with E-state index in [1.165, 1.54) is 18.2 Å². The van der Waals surface area contributed by atoms with Crippen LogP contribution >= 0.6 is 0 Å². The van der Waals surface area contributed by atoms with Gasteiger partial charge in [-0.1, -0.05) is 12.1 Å². The summed E-state index contributed by atoms with van der Waals surface area (Å²) in [5.74, 6) is -10.1. The van der Waals surface area contributed by atoms with Crippen LogP contribution in [0.1, 0.15) is 20.7 Å². The van der Waals surface area contributed by atoms with Gasteiger partial charge in [0.1, 0.15) is 18.2 Å². The van der Waals surface area contributed by atoms with Gasteiger partial charge >= 0.3 is 23.8 Å². The fourth-order valence-corrected chi connectivity index (χ4v) is 2.55. The van der Waals surface area contributed by atoms with Gasteiger partial charge in [-0.2, -0.15) is 8.78 Å². The summed E-state index contributed by atoms with van der Waals surface area (Å²) in [5, 5.41) is 0. The summed E-state index contributed by atoms with van der Waals surface area (Å²) in [7, 11) is 0. The van der Waals surface area contributed by atoms with E-state index in [0.29, 0.717) is 0 Å². The molecule has 0 aromatic heterocycles. The molecule has 1 saturated heterocycles. The van der Waals surface area contributed by atoms with E-state index >= 15 is 0 Å². The minimum atomic E-state index is -4.21. The van der Waals surface area contributed by atoms with E-state index in [1.807, 2.05) is 0 Å². The molecular formula is C19H12F4O6. The Bertz CT molecular complexity index is 961. The van der Waals surface area contributed by atoms with Crippen LogP contribution in [-0.4, -0.2) is 42.6 Å². The first-order valence-electron chi connectivity index (χ1n) is 8.16. The highest BCUT2D eigenvalue weighted by atomic mass is 19.3. The molecule has 1 heterocycles. The summed E-state index contributed by atoms with van der Waals surface area (Å²) in [6.45, 7) is -0.877. The lowest BCUT2D eigenvalue weighted by Crippen LogP contribution is -2.43. The first-order valence-corrected chi connectivity index (χ1v) is 8.16. The minimum Gasteiger partial charge on any atom is -0.458 e. The third-order valence-electron chi connectivity index (χ3n) is 3.96. The molecule has 0 bridgehead atoms. The van der Waals surface area contributed by atoms with Gasteiger partial charge in [0.15, 0.2) is 6.10 Å². The molecule has 0 spiro atoms. The van der Waals surface area contributed by atoms with E-state index < -0.39 is 54.3 Å². The van der Waals surface area contributed by atoms with Crippen molar-refractivity contribution < 1.29 is 46.2 Å². The number of benzene rings is 2. The molecule has 3 rings (SSSR count). The number of ether oxygens (including phenoxy) is 3. The minimum absolute atomic E-state index is 0.200. The molecule has 0 N–H and O–H groups in total. The van der Waals surface area contributed by atoms with Gasteiger partial charge < -0.3 is 14.2 Å². The molecule has 1 aliphatic heterocycles. The van der Waals surface area contributed by atoms with Crippen molar-refractivity contribution in [3.8, 4) is 0 Å². The third kappa shape index (κ3) is 4.36. The molecule has 29 heavy (non-hydrogen) atoms. The van der Waals surface area contributed by atoms with Crippen molar-refractivity contribution in [3.05, 3.63) is 71.3 Å². The summed E-state index contributed by atoms with van der Waals surface area (Å²) >= 11 is 0. The summed E-state index contributed by atoms with van der Waals surface area (Å²) in [5.41, 5.74) is -0.565. The molecule has 10 heteroatoms. The zero-order valence-corrected chi connectivity index (χ0v) is 14.4. The molecular weight excluding hydrogens is 400 g/mol. The predicted octanol–water partition coefficient (Wildman–Crippen LogP) is 2.91. The van der Waals surface area contributed by atoms with Crippen LogP contribution in [0.4, 0.5) is 17.6 Å². The van der Waals surface area contributed by atoms with E-state index in [-0.39, 0.29) is 11.1 Å². The predicted molar refractivity (Wildman–Crippen MR) is 87.1 cm³/mol. The quantitative estimate of drug-likeness (QED) is 0.427. The number of halogens is 4. The topological polar surface area (TPSA) is 78.9 Å². The first kappa shape index (κ1) is 20.3. The zero-order chi connectivity index (χ0) is 21.2. The normalized spacial score (nSPS) is 20.1. The van der Waals surface area contributed by atoms with Gasteiger partial charge in [-0.3, -0.25) is 0 Å². The number of carbonyl (C=O) groups excluding carboxylic acids is 3. The third-order valence-corrected chi connectivity index (χ3v) is 3.96. The zero-order valence-electron chi connectivity index (χ0n) is 14.4. The highest BCUT2D eigenvalue weighted by Crippen LogP contribution is 2.35. The van der Waals surface area contributed by atoms with Crippen LogP contribution in [0.15, 0.2) is 48.5 Å². The fourth-order valence-electron chi connectivity index (χ4n) is 2.55. The standard InChI is InChI=1S/C19H12F4O6/c20-12-5-1-3-10(7-12)16(24)27-9-14-15(19(22,23)18(26)28-14)29-17(25)11-4-2-6-13(21)8-11/h1-8,14-15H,9H2/t14-,15+/m1/s1. The molecule has 1 aliphatic rings. The highest BCUT2D eigenvalue weighted by Gasteiger charge is 2.63. The maximum atomic E-state index is 14.1. The van der Waals surface area contributed by atoms with E-state index in [0.717, 1.165) is 30.3 Å². The Kier molecular flexibility index (Phi) is 5.53. The molecule has 0 amide bonds. The maximum Gasteiger partial charge on any atom is 0.382 e. The Morgan fingerprint density at radius 3 is 2.07 bits per heavy atom. The van der Waals surface area contributed by atoms with Gasteiger partial charge in [-0.05, 0) is 36.4 Å². The van der Waals surface area contributed by atoms with Gasteiger partial charge in [0.2, 0.25) is 6.10 Å². The van der Waals surface area contributed by atoms with Crippen molar-refractivity contribution in [1.29, 1.82) is 0 Å². The van der Waals surface area contributed by atoms with E-state index in [1.54, 1.807) is 0 Å². The summed E-state index contributed by atoms with van der Waals surface area (Å²) in [6.07, 6.45) is -4.22. The van der Waals surface area contributed by atoms with Crippen molar-refractivity contribution in [3.63, 3.8) is 0 Å². The number of carbonyl (C=O) groups is 3. The average Bonchev–Trinajstić information content (AvgIpc) is 2.89. The summed E-state index contributed by atoms with van der Waals surface area (Å²) in [4.78, 5) is 35.4. The SMILES string of the molecule is O=C(OC[C@H]1OC(=O)C(F)(F)[C@H]1OC(=O)c1cccc(F)c1)c1cccc(F)c1. The molecule has 2 aromatic rings. The molecule has 152 valence electrons. The Balaban J connectivity index is 1.72. The number of esters is 3. The van der Waals surface area contributed by atoms with Crippen molar-refractivity contribution in [2.24, 2.45) is 0 Å². The Morgan fingerprint density at radius 2 is 1.52 bits per heavy atom. The van der Waals surface area contributed by atoms with E-state index in [2.05, 4.69) is 9.47 Å². The largest absolute Gasteiger partial charge is 0.458 e. The van der Waals surface area contributed by atoms with Gasteiger partial charge in [0.05, 0.1) is 11.1 Å².